The fourth-order valence-electron chi connectivity index (χ4n) is 5.89. The highest BCUT2D eigenvalue weighted by molar-refractivity contribution is 6.58. The first-order chi connectivity index (χ1) is 22.1. The lowest BCUT2D eigenvalue weighted by molar-refractivity contribution is -0.121. The van der Waals surface area contributed by atoms with E-state index in [1.54, 1.807) is 18.2 Å². The molecule has 3 aromatic rings. The smallest absolute Gasteiger partial charge is 0.488 e. The van der Waals surface area contributed by atoms with Crippen molar-refractivity contribution in [1.29, 1.82) is 0 Å². The summed E-state index contributed by atoms with van der Waals surface area (Å²) in [4.78, 5) is 37.7. The molecule has 0 aromatic heterocycles. The largest absolute Gasteiger partial charge is 0.494 e. The van der Waals surface area contributed by atoms with Gasteiger partial charge in [0.25, 0.3) is 5.91 Å². The third-order valence-electron chi connectivity index (χ3n) is 8.48. The molecule has 3 aromatic carbocycles. The number of hydrogen-bond donors (Lipinski definition) is 4. The zero-order valence-electron chi connectivity index (χ0n) is 26.4. The van der Waals surface area contributed by atoms with E-state index >= 15 is 0 Å². The predicted molar refractivity (Wildman–Crippen MR) is 182 cm³/mol. The van der Waals surface area contributed by atoms with E-state index in [-0.39, 0.29) is 35.3 Å². The maximum atomic E-state index is 12.8. The van der Waals surface area contributed by atoms with Gasteiger partial charge in [0.2, 0.25) is 5.91 Å². The summed E-state index contributed by atoms with van der Waals surface area (Å²) in [6.45, 7) is 8.78. The molecule has 5 rings (SSSR count). The average molecular weight is 644 g/mol. The van der Waals surface area contributed by atoms with Crippen molar-refractivity contribution >= 4 is 53.2 Å². The van der Waals surface area contributed by atoms with Crippen LogP contribution < -0.4 is 25.7 Å². The Balaban J connectivity index is 1.41. The molecule has 46 heavy (non-hydrogen) atoms. The molecule has 4 N–H and O–H groups in total. The van der Waals surface area contributed by atoms with Gasteiger partial charge in [0.05, 0.1) is 30.1 Å². The van der Waals surface area contributed by atoms with Gasteiger partial charge in [-0.1, -0.05) is 49.7 Å². The number of hydrogen-bond acceptors (Lipinski definition) is 8. The van der Waals surface area contributed by atoms with Gasteiger partial charge in [-0.15, -0.1) is 0 Å². The molecule has 4 atom stereocenters. The van der Waals surface area contributed by atoms with E-state index in [9.17, 15) is 19.6 Å². The van der Waals surface area contributed by atoms with Gasteiger partial charge in [-0.25, -0.2) is 0 Å². The van der Waals surface area contributed by atoms with Crippen LogP contribution in [0.3, 0.4) is 0 Å². The zero-order valence-corrected chi connectivity index (χ0v) is 27.2. The molecule has 0 spiro atoms. The summed E-state index contributed by atoms with van der Waals surface area (Å²) >= 11 is 6.25. The quantitative estimate of drug-likeness (QED) is 0.197. The van der Waals surface area contributed by atoms with E-state index in [2.05, 4.69) is 29.4 Å². The van der Waals surface area contributed by atoms with Crippen molar-refractivity contribution in [2.24, 2.45) is 15.9 Å². The Morgan fingerprint density at radius 3 is 2.52 bits per heavy atom. The minimum absolute atomic E-state index is 0.0475. The number of nitrogens with one attached hydrogen (secondary N) is 2. The molecule has 0 radical (unpaired) electrons. The maximum absolute atomic E-state index is 12.8. The first-order valence-corrected chi connectivity index (χ1v) is 15.9. The molecular formula is C34H39BClN5O5. The normalized spacial score (nSPS) is 20.4. The van der Waals surface area contributed by atoms with E-state index in [1.165, 1.54) is 6.07 Å². The number of ether oxygens (including phenoxy) is 1. The number of anilines is 1. The monoisotopic (exact) mass is 643 g/mol. The highest BCUT2D eigenvalue weighted by atomic mass is 35.5. The fraction of sp³-hybridized carbons (Fsp3) is 0.353. The van der Waals surface area contributed by atoms with Crippen LogP contribution in [0.2, 0.25) is 5.02 Å². The Labute approximate surface area is 274 Å². The van der Waals surface area contributed by atoms with Gasteiger partial charge in [-0.05, 0) is 68.2 Å². The Kier molecular flexibility index (Phi) is 10.5. The van der Waals surface area contributed by atoms with Gasteiger partial charge < -0.3 is 30.3 Å². The molecule has 2 amide bonds. The number of rotatable bonds is 10. The van der Waals surface area contributed by atoms with Crippen LogP contribution >= 0.6 is 11.6 Å². The third kappa shape index (κ3) is 7.27. The lowest BCUT2D eigenvalue weighted by atomic mass is 9.79. The van der Waals surface area contributed by atoms with Gasteiger partial charge in [-0.3, -0.25) is 19.6 Å². The molecule has 0 aliphatic carbocycles. The van der Waals surface area contributed by atoms with Crippen LogP contribution in [0.25, 0.3) is 0 Å². The Bertz CT molecular complexity index is 1650. The Morgan fingerprint density at radius 2 is 1.80 bits per heavy atom. The maximum Gasteiger partial charge on any atom is 0.488 e. The number of amidine groups is 1. The van der Waals surface area contributed by atoms with E-state index in [1.807, 2.05) is 56.3 Å². The second kappa shape index (κ2) is 14.5. The second-order valence-corrected chi connectivity index (χ2v) is 12.1. The fourth-order valence-corrected chi connectivity index (χ4v) is 6.02. The molecule has 4 unspecified atom stereocenters. The molecule has 0 saturated carbocycles. The van der Waals surface area contributed by atoms with Crippen LogP contribution in [0.1, 0.15) is 62.0 Å². The standard InChI is InChI=1S/C34H39BClN5O5/c1-5-30(42)39-33-32-20(2)21(3)38-22(4)41(32)29-15-14-27(19-28(29)31(40-33)23-10-12-26(36)13-11-23)46-17-7-16-37-34(43)24-8-6-9-25(18-24)35(44)45/h6,8-15,18-21,32-33,44-45H,5,7,16-17H2,1-4H3,(H,37,43)(H,39,42). The first-order valence-electron chi connectivity index (χ1n) is 15.6. The summed E-state index contributed by atoms with van der Waals surface area (Å²) in [5.41, 5.74) is 3.92. The van der Waals surface area contributed by atoms with Crippen molar-refractivity contribution in [1.82, 2.24) is 10.6 Å². The average Bonchev–Trinajstić information content (AvgIpc) is 3.18. The highest BCUT2D eigenvalue weighted by Gasteiger charge is 2.43. The summed E-state index contributed by atoms with van der Waals surface area (Å²) < 4.78 is 6.15. The minimum Gasteiger partial charge on any atom is -0.494 e. The van der Waals surface area contributed by atoms with Gasteiger partial charge >= 0.3 is 7.12 Å². The molecule has 0 fully saturated rings. The highest BCUT2D eigenvalue weighted by Crippen LogP contribution is 2.38. The van der Waals surface area contributed by atoms with Gasteiger partial charge in [0, 0.05) is 40.6 Å². The van der Waals surface area contributed by atoms with Crippen molar-refractivity contribution in [2.45, 2.75) is 58.8 Å². The Morgan fingerprint density at radius 1 is 1.04 bits per heavy atom. The number of aliphatic imine (C=N–C) groups is 2. The van der Waals surface area contributed by atoms with Crippen LogP contribution in [0.5, 0.6) is 5.75 Å². The summed E-state index contributed by atoms with van der Waals surface area (Å²) in [6.07, 6.45) is 0.363. The third-order valence-corrected chi connectivity index (χ3v) is 8.73. The summed E-state index contributed by atoms with van der Waals surface area (Å²) in [5, 5.41) is 25.4. The van der Waals surface area contributed by atoms with Crippen LogP contribution in [-0.2, 0) is 4.79 Å². The van der Waals surface area contributed by atoms with Crippen molar-refractivity contribution in [3.8, 4) is 5.75 Å². The molecular weight excluding hydrogens is 605 g/mol. The minimum atomic E-state index is -1.64. The van der Waals surface area contributed by atoms with Crippen molar-refractivity contribution in [3.63, 3.8) is 0 Å². The summed E-state index contributed by atoms with van der Waals surface area (Å²) in [6, 6.07) is 19.5. The molecule has 240 valence electrons. The van der Waals surface area contributed by atoms with Crippen LogP contribution in [-0.4, -0.2) is 71.9 Å². The Hall–Kier alpha value is -4.19. The number of carbonyl (C=O) groups excluding carboxylic acids is 2. The van der Waals surface area contributed by atoms with Crippen LogP contribution in [0.4, 0.5) is 5.69 Å². The number of amides is 2. The number of benzene rings is 3. The summed E-state index contributed by atoms with van der Waals surface area (Å²) in [7, 11) is -1.64. The number of halogens is 1. The molecule has 0 bridgehead atoms. The number of nitrogens with zero attached hydrogens (tertiary/aromatic N) is 3. The van der Waals surface area contributed by atoms with Gasteiger partial charge in [0.15, 0.2) is 0 Å². The van der Waals surface area contributed by atoms with Gasteiger partial charge in [0.1, 0.15) is 17.8 Å². The first kappa shape index (κ1) is 33.2. The summed E-state index contributed by atoms with van der Waals surface area (Å²) in [5.74, 6) is 1.19. The molecule has 2 aliphatic rings. The van der Waals surface area contributed by atoms with Crippen molar-refractivity contribution in [3.05, 3.63) is 88.4 Å². The van der Waals surface area contributed by atoms with E-state index in [4.69, 9.17) is 26.3 Å². The predicted octanol–water partition coefficient (Wildman–Crippen LogP) is 3.55. The lowest BCUT2D eigenvalue weighted by Crippen LogP contribution is -2.59. The SMILES string of the molecule is CCC(=O)NC1N=C(c2ccc(Cl)cc2)c2cc(OCCCNC(=O)c3cccc(B(O)O)c3)ccc2N2C(C)=NC(C)C(C)C12. The molecule has 2 heterocycles. The lowest BCUT2D eigenvalue weighted by Gasteiger charge is -2.44. The van der Waals surface area contributed by atoms with E-state index in [0.717, 1.165) is 22.6 Å². The van der Waals surface area contributed by atoms with Crippen molar-refractivity contribution in [2.75, 3.05) is 18.1 Å². The molecule has 12 heteroatoms. The van der Waals surface area contributed by atoms with E-state index in [0.29, 0.717) is 48.0 Å². The topological polar surface area (TPSA) is 136 Å². The van der Waals surface area contributed by atoms with Crippen molar-refractivity contribution < 1.29 is 24.4 Å². The van der Waals surface area contributed by atoms with E-state index < -0.39 is 13.3 Å². The second-order valence-electron chi connectivity index (χ2n) is 11.6. The number of carbonyl (C=O) groups is 2. The van der Waals surface area contributed by atoms with Crippen LogP contribution in [0.15, 0.2) is 76.7 Å². The molecule has 0 saturated heterocycles. The van der Waals surface area contributed by atoms with Crippen LogP contribution in [0, 0.1) is 5.92 Å². The molecule has 10 nitrogen and oxygen atoms in total. The van der Waals surface area contributed by atoms with Gasteiger partial charge in [-0.2, -0.15) is 0 Å². The molecule has 2 aliphatic heterocycles. The zero-order chi connectivity index (χ0) is 33.0. The number of fused-ring (bicyclic) bond motifs is 3.